The SMILES string of the molecule is O=C1CCC(N2Cc3cc(CNC(=O)c4cccc(Cl)c4)ccc3C2O)C(=O)N1. The highest BCUT2D eigenvalue weighted by Gasteiger charge is 2.39. The number of aliphatic hydroxyl groups is 1. The maximum absolute atomic E-state index is 12.3. The fraction of sp³-hybridized carbons (Fsp3) is 0.286. The molecule has 1 saturated heterocycles. The highest BCUT2D eigenvalue weighted by atomic mass is 35.5. The lowest BCUT2D eigenvalue weighted by molar-refractivity contribution is -0.141. The number of halogens is 1. The van der Waals surface area contributed by atoms with Gasteiger partial charge in [-0.05, 0) is 41.3 Å². The molecule has 7 nitrogen and oxygen atoms in total. The zero-order valence-corrected chi connectivity index (χ0v) is 16.3. The number of hydrogen-bond donors (Lipinski definition) is 3. The van der Waals surface area contributed by atoms with Crippen LogP contribution in [0.4, 0.5) is 0 Å². The first-order chi connectivity index (χ1) is 13.9. The Bertz CT molecular complexity index is 994. The summed E-state index contributed by atoms with van der Waals surface area (Å²) in [4.78, 5) is 37.5. The number of piperidine rings is 1. The largest absolute Gasteiger partial charge is 0.374 e. The first-order valence-electron chi connectivity index (χ1n) is 9.35. The molecule has 2 aliphatic rings. The Hall–Kier alpha value is -2.74. The van der Waals surface area contributed by atoms with Gasteiger partial charge in [-0.15, -0.1) is 0 Å². The van der Waals surface area contributed by atoms with E-state index < -0.39 is 12.3 Å². The zero-order valence-electron chi connectivity index (χ0n) is 15.5. The lowest BCUT2D eigenvalue weighted by atomic mass is 10.0. The van der Waals surface area contributed by atoms with Crippen LogP contribution in [0.25, 0.3) is 0 Å². The molecule has 1 fully saturated rings. The van der Waals surface area contributed by atoms with Crippen molar-refractivity contribution in [3.8, 4) is 0 Å². The fourth-order valence-corrected chi connectivity index (χ4v) is 4.00. The molecule has 2 heterocycles. The summed E-state index contributed by atoms with van der Waals surface area (Å²) in [5.74, 6) is -0.879. The molecule has 4 rings (SSSR count). The summed E-state index contributed by atoms with van der Waals surface area (Å²) in [6, 6.07) is 11.8. The molecule has 0 aromatic heterocycles. The first-order valence-corrected chi connectivity index (χ1v) is 9.73. The molecule has 2 aliphatic heterocycles. The number of imide groups is 1. The minimum atomic E-state index is -0.899. The molecule has 8 heteroatoms. The Kier molecular flexibility index (Phi) is 5.36. The molecular formula is C21H20ClN3O4. The van der Waals surface area contributed by atoms with E-state index in [0.29, 0.717) is 30.1 Å². The second-order valence-corrected chi connectivity index (χ2v) is 7.68. The summed E-state index contributed by atoms with van der Waals surface area (Å²) in [5, 5.41) is 16.3. The van der Waals surface area contributed by atoms with Crippen LogP contribution in [-0.4, -0.2) is 33.8 Å². The van der Waals surface area contributed by atoms with Crippen LogP contribution < -0.4 is 10.6 Å². The van der Waals surface area contributed by atoms with Crippen molar-refractivity contribution in [1.29, 1.82) is 0 Å². The average Bonchev–Trinajstić information content (AvgIpc) is 3.02. The number of carbonyl (C=O) groups is 3. The van der Waals surface area contributed by atoms with Crippen LogP contribution in [0.3, 0.4) is 0 Å². The van der Waals surface area contributed by atoms with Gasteiger partial charge in [-0.3, -0.25) is 24.6 Å². The van der Waals surface area contributed by atoms with Crippen molar-refractivity contribution in [3.63, 3.8) is 0 Å². The van der Waals surface area contributed by atoms with Gasteiger partial charge in [-0.25, -0.2) is 0 Å². The van der Waals surface area contributed by atoms with Gasteiger partial charge in [0, 0.05) is 30.1 Å². The summed E-state index contributed by atoms with van der Waals surface area (Å²) < 4.78 is 0. The molecule has 0 saturated carbocycles. The number of nitrogens with one attached hydrogen (secondary N) is 2. The van der Waals surface area contributed by atoms with Gasteiger partial charge in [0.15, 0.2) is 0 Å². The van der Waals surface area contributed by atoms with Gasteiger partial charge in [0.1, 0.15) is 6.23 Å². The Labute approximate surface area is 172 Å². The molecule has 0 aliphatic carbocycles. The van der Waals surface area contributed by atoms with Crippen LogP contribution in [0.15, 0.2) is 42.5 Å². The van der Waals surface area contributed by atoms with Gasteiger partial charge in [0.25, 0.3) is 5.91 Å². The standard InChI is InChI=1S/C21H20ClN3O4/c22-15-3-1-2-13(9-15)19(27)23-10-12-4-5-16-14(8-12)11-25(21(16)29)17-6-7-18(26)24-20(17)28/h1-5,8-9,17,21,29H,6-7,10-11H2,(H,23,27)(H,24,26,28). The van der Waals surface area contributed by atoms with Crippen LogP contribution in [0.1, 0.15) is 46.1 Å². The third-order valence-corrected chi connectivity index (χ3v) is 5.54. The number of hydrogen-bond acceptors (Lipinski definition) is 5. The molecule has 3 amide bonds. The lowest BCUT2D eigenvalue weighted by Crippen LogP contribution is -2.51. The van der Waals surface area contributed by atoms with E-state index in [1.54, 1.807) is 29.2 Å². The highest BCUT2D eigenvalue weighted by Crippen LogP contribution is 2.35. The van der Waals surface area contributed by atoms with Gasteiger partial charge in [-0.2, -0.15) is 0 Å². The molecule has 2 aromatic rings. The smallest absolute Gasteiger partial charge is 0.251 e. The van der Waals surface area contributed by atoms with Gasteiger partial charge in [0.2, 0.25) is 11.8 Å². The maximum Gasteiger partial charge on any atom is 0.251 e. The number of nitrogens with zero attached hydrogens (tertiary/aromatic N) is 1. The molecule has 2 unspecified atom stereocenters. The van der Waals surface area contributed by atoms with Crippen LogP contribution in [-0.2, 0) is 22.7 Å². The number of rotatable bonds is 4. The summed E-state index contributed by atoms with van der Waals surface area (Å²) >= 11 is 5.92. The Morgan fingerprint density at radius 1 is 1.24 bits per heavy atom. The third kappa shape index (κ3) is 4.03. The Morgan fingerprint density at radius 2 is 2.07 bits per heavy atom. The number of fused-ring (bicyclic) bond motifs is 1. The third-order valence-electron chi connectivity index (χ3n) is 5.30. The van der Waals surface area contributed by atoms with E-state index in [1.807, 2.05) is 18.2 Å². The molecule has 3 N–H and O–H groups in total. The van der Waals surface area contributed by atoms with Crippen LogP contribution >= 0.6 is 11.6 Å². The Morgan fingerprint density at radius 3 is 2.83 bits per heavy atom. The van der Waals surface area contributed by atoms with E-state index in [-0.39, 0.29) is 24.1 Å². The maximum atomic E-state index is 12.3. The molecular weight excluding hydrogens is 394 g/mol. The van der Waals surface area contributed by atoms with E-state index in [0.717, 1.165) is 16.7 Å². The minimum absolute atomic E-state index is 0.224. The molecule has 0 bridgehead atoms. The second-order valence-electron chi connectivity index (χ2n) is 7.24. The topological polar surface area (TPSA) is 98.7 Å². The first kappa shape index (κ1) is 19.6. The summed E-state index contributed by atoms with van der Waals surface area (Å²) in [5.41, 5.74) is 3.01. The van der Waals surface area contributed by atoms with Gasteiger partial charge in [-0.1, -0.05) is 35.9 Å². The van der Waals surface area contributed by atoms with E-state index in [4.69, 9.17) is 11.6 Å². The highest BCUT2D eigenvalue weighted by molar-refractivity contribution is 6.30. The number of carbonyl (C=O) groups excluding carboxylic acids is 3. The molecule has 150 valence electrons. The average molecular weight is 414 g/mol. The Balaban J connectivity index is 1.43. The molecule has 2 atom stereocenters. The van der Waals surface area contributed by atoms with Crippen molar-refractivity contribution in [3.05, 3.63) is 69.7 Å². The van der Waals surface area contributed by atoms with Crippen molar-refractivity contribution in [2.24, 2.45) is 0 Å². The molecule has 0 radical (unpaired) electrons. The van der Waals surface area contributed by atoms with Crippen molar-refractivity contribution in [2.45, 2.75) is 38.2 Å². The lowest BCUT2D eigenvalue weighted by Gasteiger charge is -2.31. The zero-order chi connectivity index (χ0) is 20.5. The minimum Gasteiger partial charge on any atom is -0.374 e. The monoisotopic (exact) mass is 413 g/mol. The summed E-state index contributed by atoms with van der Waals surface area (Å²) in [7, 11) is 0. The predicted molar refractivity (Wildman–Crippen MR) is 106 cm³/mol. The second kappa shape index (κ2) is 7.94. The van der Waals surface area contributed by atoms with E-state index in [1.165, 1.54) is 0 Å². The molecule has 0 spiro atoms. The van der Waals surface area contributed by atoms with Crippen molar-refractivity contribution in [2.75, 3.05) is 0 Å². The quantitative estimate of drug-likeness (QED) is 0.665. The van der Waals surface area contributed by atoms with Crippen molar-refractivity contribution < 1.29 is 19.5 Å². The summed E-state index contributed by atoms with van der Waals surface area (Å²) in [6.45, 7) is 0.728. The van der Waals surface area contributed by atoms with Crippen LogP contribution in [0.5, 0.6) is 0 Å². The van der Waals surface area contributed by atoms with Crippen molar-refractivity contribution >= 4 is 29.3 Å². The van der Waals surface area contributed by atoms with Crippen LogP contribution in [0.2, 0.25) is 5.02 Å². The summed E-state index contributed by atoms with van der Waals surface area (Å²) in [6.07, 6.45) is -0.251. The van der Waals surface area contributed by atoms with Gasteiger partial charge in [0.05, 0.1) is 6.04 Å². The van der Waals surface area contributed by atoms with E-state index in [2.05, 4.69) is 10.6 Å². The normalized spacial score (nSPS) is 21.6. The molecule has 2 aromatic carbocycles. The number of aliphatic hydroxyl groups excluding tert-OH is 1. The molecule has 29 heavy (non-hydrogen) atoms. The number of amides is 3. The number of benzene rings is 2. The van der Waals surface area contributed by atoms with E-state index in [9.17, 15) is 19.5 Å². The van der Waals surface area contributed by atoms with Gasteiger partial charge < -0.3 is 10.4 Å². The van der Waals surface area contributed by atoms with Gasteiger partial charge >= 0.3 is 0 Å². The van der Waals surface area contributed by atoms with Crippen molar-refractivity contribution in [1.82, 2.24) is 15.5 Å². The fourth-order valence-electron chi connectivity index (χ4n) is 3.81. The van der Waals surface area contributed by atoms with E-state index >= 15 is 0 Å². The predicted octanol–water partition coefficient (Wildman–Crippen LogP) is 1.88. The van der Waals surface area contributed by atoms with Crippen LogP contribution in [0, 0.1) is 0 Å².